The van der Waals surface area contributed by atoms with Crippen molar-refractivity contribution in [3.63, 3.8) is 0 Å². The smallest absolute Gasteiger partial charge is 0.313 e. The Morgan fingerprint density at radius 1 is 1.09 bits per heavy atom. The van der Waals surface area contributed by atoms with Gasteiger partial charge in [0.15, 0.2) is 0 Å². The van der Waals surface area contributed by atoms with Crippen LogP contribution in [0, 0.1) is 0 Å². The van der Waals surface area contributed by atoms with Crippen LogP contribution >= 0.6 is 11.6 Å². The highest BCUT2D eigenvalue weighted by Crippen LogP contribution is 2.15. The van der Waals surface area contributed by atoms with E-state index < -0.39 is 11.8 Å². The zero-order valence-electron chi connectivity index (χ0n) is 12.3. The molecule has 114 valence electrons. The number of carbonyl (C=O) groups excluding carboxylic acids is 2. The van der Waals surface area contributed by atoms with Crippen LogP contribution in [0.5, 0.6) is 0 Å². The zero-order chi connectivity index (χ0) is 15.9. The van der Waals surface area contributed by atoms with Crippen LogP contribution in [-0.2, 0) is 16.1 Å². The maximum absolute atomic E-state index is 12.2. The number of likely N-dealkylation sites (N-methyl/N-ethyl adjacent to an activating group) is 1. The standard InChI is InChI=1S/C17H17ClN2O2/c1-2-20(12-13-7-4-3-5-8-13)17(22)16(21)19-15-10-6-9-14(18)11-15/h3-11H,2,12H2,1H3,(H,19,21). The van der Waals surface area contributed by atoms with Crippen molar-refractivity contribution in [2.24, 2.45) is 0 Å². The summed E-state index contributed by atoms with van der Waals surface area (Å²) in [7, 11) is 0. The highest BCUT2D eigenvalue weighted by molar-refractivity contribution is 6.39. The lowest BCUT2D eigenvalue weighted by Gasteiger charge is -2.20. The van der Waals surface area contributed by atoms with Gasteiger partial charge in [-0.05, 0) is 30.7 Å². The van der Waals surface area contributed by atoms with Crippen molar-refractivity contribution in [2.45, 2.75) is 13.5 Å². The van der Waals surface area contributed by atoms with Gasteiger partial charge in [0.1, 0.15) is 0 Å². The number of anilines is 1. The number of carbonyl (C=O) groups is 2. The first-order valence-electron chi connectivity index (χ1n) is 7.00. The van der Waals surface area contributed by atoms with Crippen molar-refractivity contribution < 1.29 is 9.59 Å². The van der Waals surface area contributed by atoms with E-state index in [4.69, 9.17) is 11.6 Å². The van der Waals surface area contributed by atoms with E-state index in [9.17, 15) is 9.59 Å². The van der Waals surface area contributed by atoms with Crippen LogP contribution in [0.25, 0.3) is 0 Å². The van der Waals surface area contributed by atoms with E-state index in [1.54, 1.807) is 24.3 Å². The second kappa shape index (κ2) is 7.61. The van der Waals surface area contributed by atoms with E-state index in [1.165, 1.54) is 4.90 Å². The number of amides is 2. The maximum atomic E-state index is 12.2. The molecule has 0 radical (unpaired) electrons. The van der Waals surface area contributed by atoms with E-state index in [0.29, 0.717) is 23.8 Å². The molecule has 4 nitrogen and oxygen atoms in total. The number of rotatable bonds is 4. The van der Waals surface area contributed by atoms with Crippen molar-refractivity contribution >= 4 is 29.1 Å². The Hall–Kier alpha value is -2.33. The average molecular weight is 317 g/mol. The second-order valence-electron chi connectivity index (χ2n) is 4.77. The summed E-state index contributed by atoms with van der Waals surface area (Å²) in [4.78, 5) is 25.8. The zero-order valence-corrected chi connectivity index (χ0v) is 13.0. The quantitative estimate of drug-likeness (QED) is 0.880. The number of hydrogen-bond acceptors (Lipinski definition) is 2. The van der Waals surface area contributed by atoms with Crippen LogP contribution in [0.4, 0.5) is 5.69 Å². The first kappa shape index (κ1) is 16.0. The minimum atomic E-state index is -0.667. The van der Waals surface area contributed by atoms with Crippen LogP contribution < -0.4 is 5.32 Å². The van der Waals surface area contributed by atoms with E-state index in [-0.39, 0.29) is 0 Å². The van der Waals surface area contributed by atoms with Gasteiger partial charge in [-0.25, -0.2) is 0 Å². The molecule has 0 unspecified atom stereocenters. The lowest BCUT2D eigenvalue weighted by atomic mass is 10.2. The molecule has 2 amide bonds. The van der Waals surface area contributed by atoms with Crippen molar-refractivity contribution in [3.05, 3.63) is 65.2 Å². The fraction of sp³-hybridized carbons (Fsp3) is 0.176. The normalized spacial score (nSPS) is 10.1. The van der Waals surface area contributed by atoms with Crippen molar-refractivity contribution in [1.29, 1.82) is 0 Å². The van der Waals surface area contributed by atoms with Gasteiger partial charge in [-0.15, -0.1) is 0 Å². The lowest BCUT2D eigenvalue weighted by molar-refractivity contribution is -0.143. The Morgan fingerprint density at radius 3 is 2.45 bits per heavy atom. The number of nitrogens with one attached hydrogen (secondary N) is 1. The fourth-order valence-corrected chi connectivity index (χ4v) is 2.22. The molecule has 0 saturated carbocycles. The summed E-state index contributed by atoms with van der Waals surface area (Å²) in [6.07, 6.45) is 0. The predicted octanol–water partition coefficient (Wildman–Crippen LogP) is 3.33. The molecule has 0 aromatic heterocycles. The molecular weight excluding hydrogens is 300 g/mol. The van der Waals surface area contributed by atoms with E-state index >= 15 is 0 Å². The van der Waals surface area contributed by atoms with Crippen molar-refractivity contribution in [1.82, 2.24) is 4.90 Å². The lowest BCUT2D eigenvalue weighted by Crippen LogP contribution is -2.39. The van der Waals surface area contributed by atoms with Gasteiger partial charge >= 0.3 is 11.8 Å². The third kappa shape index (κ3) is 4.33. The van der Waals surface area contributed by atoms with E-state index in [0.717, 1.165) is 5.56 Å². The topological polar surface area (TPSA) is 49.4 Å². The van der Waals surface area contributed by atoms with Gasteiger partial charge in [0.25, 0.3) is 0 Å². The molecule has 0 fully saturated rings. The first-order valence-corrected chi connectivity index (χ1v) is 7.37. The Kier molecular flexibility index (Phi) is 5.55. The summed E-state index contributed by atoms with van der Waals surface area (Å²) in [5, 5.41) is 3.07. The maximum Gasteiger partial charge on any atom is 0.313 e. The molecule has 0 atom stereocenters. The van der Waals surface area contributed by atoms with Crippen LogP contribution in [0.3, 0.4) is 0 Å². The van der Waals surface area contributed by atoms with Gasteiger partial charge in [0.2, 0.25) is 0 Å². The molecule has 2 rings (SSSR count). The van der Waals surface area contributed by atoms with Crippen LogP contribution in [0.1, 0.15) is 12.5 Å². The Bertz CT molecular complexity index is 659. The second-order valence-corrected chi connectivity index (χ2v) is 5.21. The van der Waals surface area contributed by atoms with Gasteiger partial charge < -0.3 is 10.2 Å². The van der Waals surface area contributed by atoms with E-state index in [1.807, 2.05) is 37.3 Å². The van der Waals surface area contributed by atoms with Crippen molar-refractivity contribution in [3.8, 4) is 0 Å². The number of benzene rings is 2. The first-order chi connectivity index (χ1) is 10.6. The third-order valence-corrected chi connectivity index (χ3v) is 3.40. The summed E-state index contributed by atoms with van der Waals surface area (Å²) in [5.74, 6) is -1.23. The molecule has 0 aliphatic heterocycles. The molecule has 1 N–H and O–H groups in total. The molecule has 0 aliphatic carbocycles. The molecule has 2 aromatic carbocycles. The largest absolute Gasteiger partial charge is 0.330 e. The number of halogens is 1. The van der Waals surface area contributed by atoms with Crippen LogP contribution in [-0.4, -0.2) is 23.3 Å². The number of nitrogens with zero attached hydrogens (tertiary/aromatic N) is 1. The number of hydrogen-bond donors (Lipinski definition) is 1. The molecule has 0 spiro atoms. The minimum Gasteiger partial charge on any atom is -0.330 e. The van der Waals surface area contributed by atoms with Gasteiger partial charge in [0.05, 0.1) is 0 Å². The highest BCUT2D eigenvalue weighted by Gasteiger charge is 2.20. The fourth-order valence-electron chi connectivity index (χ4n) is 2.03. The summed E-state index contributed by atoms with van der Waals surface area (Å²) in [6, 6.07) is 16.3. The molecule has 0 bridgehead atoms. The van der Waals surface area contributed by atoms with Crippen LogP contribution in [0.2, 0.25) is 5.02 Å². The summed E-state index contributed by atoms with van der Waals surface area (Å²) in [6.45, 7) is 2.70. The predicted molar refractivity (Wildman–Crippen MR) is 87.6 cm³/mol. The minimum absolute atomic E-state index is 0.402. The third-order valence-electron chi connectivity index (χ3n) is 3.16. The van der Waals surface area contributed by atoms with Crippen molar-refractivity contribution in [2.75, 3.05) is 11.9 Å². The Balaban J connectivity index is 2.03. The molecule has 5 heteroatoms. The molecule has 0 aliphatic rings. The average Bonchev–Trinajstić information content (AvgIpc) is 2.53. The van der Waals surface area contributed by atoms with Gasteiger partial charge in [-0.3, -0.25) is 9.59 Å². The SMILES string of the molecule is CCN(Cc1ccccc1)C(=O)C(=O)Nc1cccc(Cl)c1. The van der Waals surface area contributed by atoms with Gasteiger partial charge in [-0.2, -0.15) is 0 Å². The van der Waals surface area contributed by atoms with Crippen LogP contribution in [0.15, 0.2) is 54.6 Å². The molecule has 0 saturated heterocycles. The molecule has 0 heterocycles. The van der Waals surface area contributed by atoms with Gasteiger partial charge in [0, 0.05) is 23.8 Å². The van der Waals surface area contributed by atoms with E-state index in [2.05, 4.69) is 5.32 Å². The Labute approximate surface area is 134 Å². The molecular formula is C17H17ClN2O2. The molecule has 2 aromatic rings. The monoisotopic (exact) mass is 316 g/mol. The summed E-state index contributed by atoms with van der Waals surface area (Å²) in [5.41, 5.74) is 1.48. The summed E-state index contributed by atoms with van der Waals surface area (Å²) < 4.78 is 0. The molecule has 22 heavy (non-hydrogen) atoms. The highest BCUT2D eigenvalue weighted by atomic mass is 35.5. The summed E-state index contributed by atoms with van der Waals surface area (Å²) >= 11 is 5.86. The van der Waals surface area contributed by atoms with Gasteiger partial charge in [-0.1, -0.05) is 48.0 Å². The Morgan fingerprint density at radius 2 is 1.82 bits per heavy atom.